The highest BCUT2D eigenvalue weighted by molar-refractivity contribution is 5.70. The van der Waals surface area contributed by atoms with Crippen LogP contribution in [0.1, 0.15) is 58.8 Å². The molecule has 0 rings (SSSR count). The van der Waals surface area contributed by atoms with Gasteiger partial charge >= 0.3 is 17.9 Å². The van der Waals surface area contributed by atoms with Crippen LogP contribution in [0.15, 0.2) is 0 Å². The van der Waals surface area contributed by atoms with Crippen molar-refractivity contribution in [2.75, 3.05) is 93.3 Å². The molecule has 0 amide bonds. The fourth-order valence-corrected chi connectivity index (χ4v) is 3.69. The fourth-order valence-electron chi connectivity index (χ4n) is 3.69. The maximum atomic E-state index is 11.6. The number of nitrogens with one attached hydrogen (secondary N) is 1. The Labute approximate surface area is 219 Å². The van der Waals surface area contributed by atoms with E-state index in [9.17, 15) is 14.4 Å². The Bertz CT molecular complexity index is 559. The van der Waals surface area contributed by atoms with Gasteiger partial charge in [0.2, 0.25) is 0 Å². The van der Waals surface area contributed by atoms with Crippen LogP contribution in [0.2, 0.25) is 0 Å². The van der Waals surface area contributed by atoms with E-state index in [1.165, 1.54) is 21.3 Å². The lowest BCUT2D eigenvalue weighted by Crippen LogP contribution is -2.42. The highest BCUT2D eigenvalue weighted by Gasteiger charge is 2.14. The molecule has 0 aromatic heterocycles. The Morgan fingerprint density at radius 1 is 0.528 bits per heavy atom. The summed E-state index contributed by atoms with van der Waals surface area (Å²) in [5.41, 5.74) is 0. The highest BCUT2D eigenvalue weighted by Crippen LogP contribution is 2.03. The lowest BCUT2D eigenvalue weighted by molar-refractivity contribution is -0.142. The molecule has 0 saturated heterocycles. The third-order valence-electron chi connectivity index (χ3n) is 6.18. The first-order valence-electron chi connectivity index (χ1n) is 13.5. The van der Waals surface area contributed by atoms with E-state index < -0.39 is 0 Å². The predicted molar refractivity (Wildman–Crippen MR) is 142 cm³/mol. The standard InChI is InChI=1S/C26H52N4O6/c1-6-8-15-28(19-14-27-13-10-24(31)34-3)20-21-29(16-9-7-2)22-23-30(17-11-25(32)35-4)18-12-26(33)36-5/h27H,6-23H2,1-5H3. The summed E-state index contributed by atoms with van der Waals surface area (Å²) >= 11 is 0. The van der Waals surface area contributed by atoms with Crippen molar-refractivity contribution in [2.45, 2.75) is 58.8 Å². The molecule has 0 aromatic carbocycles. The summed E-state index contributed by atoms with van der Waals surface area (Å²) in [7, 11) is 4.20. The Morgan fingerprint density at radius 3 is 1.33 bits per heavy atom. The zero-order chi connectivity index (χ0) is 27.0. The Balaban J connectivity index is 4.81. The van der Waals surface area contributed by atoms with Crippen LogP contribution in [-0.4, -0.2) is 126 Å². The Hall–Kier alpha value is -1.75. The zero-order valence-electron chi connectivity index (χ0n) is 23.5. The molecule has 0 atom stereocenters. The van der Waals surface area contributed by atoms with E-state index in [2.05, 4.69) is 38.6 Å². The minimum atomic E-state index is -0.243. The summed E-state index contributed by atoms with van der Waals surface area (Å²) in [5, 5.41) is 3.34. The molecule has 0 unspecified atom stereocenters. The van der Waals surface area contributed by atoms with Crippen LogP contribution in [-0.2, 0) is 28.6 Å². The predicted octanol–water partition coefficient (Wildman–Crippen LogP) is 1.77. The number of hydrogen-bond donors (Lipinski definition) is 1. The van der Waals surface area contributed by atoms with Crippen LogP contribution in [0.25, 0.3) is 0 Å². The molecule has 0 aliphatic carbocycles. The van der Waals surface area contributed by atoms with E-state index >= 15 is 0 Å². The number of methoxy groups -OCH3 is 3. The summed E-state index contributed by atoms with van der Waals surface area (Å²) < 4.78 is 14.3. The van der Waals surface area contributed by atoms with Crippen molar-refractivity contribution >= 4 is 17.9 Å². The minimum absolute atomic E-state index is 0.191. The lowest BCUT2D eigenvalue weighted by Gasteiger charge is -2.30. The normalized spacial score (nSPS) is 11.3. The Kier molecular flexibility index (Phi) is 22.5. The maximum Gasteiger partial charge on any atom is 0.306 e. The van der Waals surface area contributed by atoms with Crippen LogP contribution in [0, 0.1) is 0 Å². The largest absolute Gasteiger partial charge is 0.469 e. The van der Waals surface area contributed by atoms with Gasteiger partial charge in [0.05, 0.1) is 40.6 Å². The molecule has 0 spiro atoms. The van der Waals surface area contributed by atoms with Gasteiger partial charge in [0, 0.05) is 58.9 Å². The fraction of sp³-hybridized carbons (Fsp3) is 0.885. The van der Waals surface area contributed by atoms with Gasteiger partial charge in [-0.1, -0.05) is 26.7 Å². The molecule has 10 heteroatoms. The van der Waals surface area contributed by atoms with Crippen LogP contribution >= 0.6 is 0 Å². The summed E-state index contributed by atoms with van der Waals surface area (Å²) in [6.45, 7) is 13.6. The molecule has 0 aliphatic heterocycles. The third-order valence-corrected chi connectivity index (χ3v) is 6.18. The number of ether oxygens (including phenoxy) is 3. The molecular weight excluding hydrogens is 464 g/mol. The molecule has 0 heterocycles. The van der Waals surface area contributed by atoms with Gasteiger partial charge in [-0.25, -0.2) is 0 Å². The van der Waals surface area contributed by atoms with Crippen molar-refractivity contribution in [3.05, 3.63) is 0 Å². The second kappa shape index (κ2) is 23.6. The number of nitrogens with zero attached hydrogens (tertiary/aromatic N) is 3. The highest BCUT2D eigenvalue weighted by atomic mass is 16.5. The van der Waals surface area contributed by atoms with Crippen molar-refractivity contribution in [1.29, 1.82) is 0 Å². The van der Waals surface area contributed by atoms with Crippen molar-refractivity contribution in [1.82, 2.24) is 20.0 Å². The van der Waals surface area contributed by atoms with Gasteiger partial charge in [0.1, 0.15) is 0 Å². The molecule has 0 aliphatic rings. The van der Waals surface area contributed by atoms with Gasteiger partial charge in [-0.15, -0.1) is 0 Å². The van der Waals surface area contributed by atoms with E-state index in [0.29, 0.717) is 38.9 Å². The van der Waals surface area contributed by atoms with E-state index in [1.807, 2.05) is 0 Å². The summed E-state index contributed by atoms with van der Waals surface area (Å²) in [6.07, 6.45) is 5.58. The molecule has 0 aromatic rings. The number of esters is 3. The number of unbranched alkanes of at least 4 members (excludes halogenated alkanes) is 2. The average molecular weight is 517 g/mol. The molecule has 0 saturated carbocycles. The SMILES string of the molecule is CCCCN(CCNCCC(=O)OC)CCN(CCCC)CCN(CCC(=O)OC)CCC(=O)OC. The van der Waals surface area contributed by atoms with Crippen molar-refractivity contribution in [3.8, 4) is 0 Å². The molecular formula is C26H52N4O6. The van der Waals surface area contributed by atoms with E-state index in [0.717, 1.165) is 78.0 Å². The van der Waals surface area contributed by atoms with Gasteiger partial charge in [-0.3, -0.25) is 14.4 Å². The van der Waals surface area contributed by atoms with Gasteiger partial charge in [0.25, 0.3) is 0 Å². The molecule has 0 bridgehead atoms. The molecule has 1 N–H and O–H groups in total. The van der Waals surface area contributed by atoms with Crippen LogP contribution < -0.4 is 5.32 Å². The van der Waals surface area contributed by atoms with Crippen molar-refractivity contribution in [2.24, 2.45) is 0 Å². The molecule has 0 radical (unpaired) electrons. The van der Waals surface area contributed by atoms with E-state index in [1.54, 1.807) is 0 Å². The first-order valence-corrected chi connectivity index (χ1v) is 13.5. The number of carbonyl (C=O) groups excluding carboxylic acids is 3. The third kappa shape index (κ3) is 19.4. The molecule has 10 nitrogen and oxygen atoms in total. The average Bonchev–Trinajstić information content (AvgIpc) is 2.90. The summed E-state index contributed by atoms with van der Waals surface area (Å²) in [5.74, 6) is -0.676. The zero-order valence-corrected chi connectivity index (χ0v) is 23.5. The summed E-state index contributed by atoms with van der Waals surface area (Å²) in [4.78, 5) is 41.7. The minimum Gasteiger partial charge on any atom is -0.469 e. The Morgan fingerprint density at radius 2 is 0.917 bits per heavy atom. The molecule has 36 heavy (non-hydrogen) atoms. The van der Waals surface area contributed by atoms with Crippen molar-refractivity contribution < 1.29 is 28.6 Å². The van der Waals surface area contributed by atoms with E-state index in [4.69, 9.17) is 9.47 Å². The summed E-state index contributed by atoms with van der Waals surface area (Å²) in [6, 6.07) is 0. The number of rotatable bonds is 24. The molecule has 0 fully saturated rings. The topological polar surface area (TPSA) is 101 Å². The smallest absolute Gasteiger partial charge is 0.306 e. The number of carbonyl (C=O) groups is 3. The van der Waals surface area contributed by atoms with Crippen molar-refractivity contribution in [3.63, 3.8) is 0 Å². The quantitative estimate of drug-likeness (QED) is 0.116. The first kappa shape index (κ1) is 34.2. The van der Waals surface area contributed by atoms with Crippen LogP contribution in [0.4, 0.5) is 0 Å². The van der Waals surface area contributed by atoms with Crippen LogP contribution in [0.5, 0.6) is 0 Å². The maximum absolute atomic E-state index is 11.6. The number of hydrogen-bond acceptors (Lipinski definition) is 10. The lowest BCUT2D eigenvalue weighted by atomic mass is 10.2. The monoisotopic (exact) mass is 516 g/mol. The molecule has 212 valence electrons. The van der Waals surface area contributed by atoms with Gasteiger partial charge in [-0.2, -0.15) is 0 Å². The first-order chi connectivity index (χ1) is 17.4. The van der Waals surface area contributed by atoms with Crippen LogP contribution in [0.3, 0.4) is 0 Å². The van der Waals surface area contributed by atoms with Gasteiger partial charge in [-0.05, 0) is 25.9 Å². The second-order valence-electron chi connectivity index (χ2n) is 8.96. The van der Waals surface area contributed by atoms with Gasteiger partial charge in [0.15, 0.2) is 0 Å². The van der Waals surface area contributed by atoms with Gasteiger partial charge < -0.3 is 34.2 Å². The second-order valence-corrected chi connectivity index (χ2v) is 8.96. The van der Waals surface area contributed by atoms with E-state index in [-0.39, 0.29) is 17.9 Å².